The van der Waals surface area contributed by atoms with Gasteiger partial charge in [-0.1, -0.05) is 29.8 Å². The summed E-state index contributed by atoms with van der Waals surface area (Å²) in [6, 6.07) is 7.50. The molecule has 0 spiro atoms. The molecule has 1 aromatic carbocycles. The van der Waals surface area contributed by atoms with Crippen molar-refractivity contribution in [3.8, 4) is 0 Å². The van der Waals surface area contributed by atoms with E-state index in [9.17, 15) is 9.90 Å². The van der Waals surface area contributed by atoms with Gasteiger partial charge in [0.1, 0.15) is 5.57 Å². The first kappa shape index (κ1) is 12.0. The van der Waals surface area contributed by atoms with Crippen molar-refractivity contribution < 1.29 is 14.3 Å². The minimum Gasteiger partial charge on any atom is -0.477 e. The van der Waals surface area contributed by atoms with E-state index in [1.54, 1.807) is 6.92 Å². The van der Waals surface area contributed by atoms with Crippen LogP contribution >= 0.6 is 0 Å². The number of nitrogens with zero attached hydrogens (tertiary/aromatic N) is 2. The summed E-state index contributed by atoms with van der Waals surface area (Å²) in [4.78, 5) is 11.2. The molecule has 0 aliphatic carbocycles. The van der Waals surface area contributed by atoms with Gasteiger partial charge in [-0.2, -0.15) is 0 Å². The van der Waals surface area contributed by atoms with Gasteiger partial charge in [-0.05, 0) is 18.6 Å². The molecular weight excluding hydrogens is 232 g/mol. The molecule has 0 bridgehead atoms. The van der Waals surface area contributed by atoms with Crippen LogP contribution in [0.25, 0.3) is 11.6 Å². The fourth-order valence-electron chi connectivity index (χ4n) is 1.55. The van der Waals surface area contributed by atoms with E-state index < -0.39 is 5.97 Å². The summed E-state index contributed by atoms with van der Waals surface area (Å²) in [7, 11) is 0. The summed E-state index contributed by atoms with van der Waals surface area (Å²) in [5.74, 6) is -0.747. The van der Waals surface area contributed by atoms with E-state index in [0.717, 1.165) is 11.1 Å². The van der Waals surface area contributed by atoms with Crippen molar-refractivity contribution in [2.45, 2.75) is 13.8 Å². The van der Waals surface area contributed by atoms with Crippen LogP contribution in [0.5, 0.6) is 0 Å². The summed E-state index contributed by atoms with van der Waals surface area (Å²) in [6.07, 6.45) is 1.52. The Morgan fingerprint density at radius 3 is 2.67 bits per heavy atom. The van der Waals surface area contributed by atoms with E-state index in [-0.39, 0.29) is 11.5 Å². The highest BCUT2D eigenvalue weighted by Crippen LogP contribution is 2.18. The van der Waals surface area contributed by atoms with Gasteiger partial charge in [-0.3, -0.25) is 0 Å². The largest absolute Gasteiger partial charge is 0.477 e. The lowest BCUT2D eigenvalue weighted by Gasteiger charge is -1.99. The van der Waals surface area contributed by atoms with Crippen molar-refractivity contribution in [1.29, 1.82) is 0 Å². The number of hydrogen-bond acceptors (Lipinski definition) is 4. The van der Waals surface area contributed by atoms with Gasteiger partial charge in [-0.25, -0.2) is 4.79 Å². The van der Waals surface area contributed by atoms with Crippen molar-refractivity contribution in [2.24, 2.45) is 0 Å². The zero-order chi connectivity index (χ0) is 13.1. The van der Waals surface area contributed by atoms with Crippen LogP contribution in [0.1, 0.15) is 22.9 Å². The Hall–Kier alpha value is -2.43. The van der Waals surface area contributed by atoms with Crippen LogP contribution in [0.2, 0.25) is 0 Å². The Morgan fingerprint density at radius 2 is 2.11 bits per heavy atom. The van der Waals surface area contributed by atoms with Gasteiger partial charge in [0.05, 0.1) is 0 Å². The topological polar surface area (TPSA) is 76.2 Å². The van der Waals surface area contributed by atoms with Crippen molar-refractivity contribution in [3.63, 3.8) is 0 Å². The molecule has 0 radical (unpaired) electrons. The fraction of sp³-hybridized carbons (Fsp3) is 0.154. The third-order valence-corrected chi connectivity index (χ3v) is 2.34. The van der Waals surface area contributed by atoms with E-state index >= 15 is 0 Å². The number of carbonyl (C=O) groups is 1. The number of hydrogen-bond donors (Lipinski definition) is 1. The molecule has 18 heavy (non-hydrogen) atoms. The van der Waals surface area contributed by atoms with E-state index in [1.165, 1.54) is 6.08 Å². The minimum absolute atomic E-state index is 0.0128. The number of aliphatic carboxylic acids is 1. The number of benzene rings is 1. The summed E-state index contributed by atoms with van der Waals surface area (Å²) in [6.45, 7) is 3.55. The van der Waals surface area contributed by atoms with Gasteiger partial charge < -0.3 is 9.52 Å². The van der Waals surface area contributed by atoms with Gasteiger partial charge >= 0.3 is 5.97 Å². The molecule has 0 saturated heterocycles. The number of rotatable bonds is 3. The maximum atomic E-state index is 11.2. The molecule has 0 saturated carbocycles. The summed E-state index contributed by atoms with van der Waals surface area (Å²) >= 11 is 0. The van der Waals surface area contributed by atoms with Crippen LogP contribution in [-0.4, -0.2) is 21.3 Å². The maximum Gasteiger partial charge on any atom is 0.341 e. The zero-order valence-electron chi connectivity index (χ0n) is 10.0. The molecule has 2 aromatic rings. The predicted octanol–water partition coefficient (Wildman–Crippen LogP) is 2.31. The average molecular weight is 244 g/mol. The molecule has 0 atom stereocenters. The van der Waals surface area contributed by atoms with Gasteiger partial charge in [0.15, 0.2) is 0 Å². The van der Waals surface area contributed by atoms with E-state index in [2.05, 4.69) is 10.2 Å². The van der Waals surface area contributed by atoms with Crippen LogP contribution in [-0.2, 0) is 4.79 Å². The van der Waals surface area contributed by atoms with Gasteiger partial charge in [0.25, 0.3) is 5.89 Å². The lowest BCUT2D eigenvalue weighted by Crippen LogP contribution is -2.00. The lowest BCUT2D eigenvalue weighted by molar-refractivity contribution is -0.130. The lowest BCUT2D eigenvalue weighted by atomic mass is 10.1. The highest BCUT2D eigenvalue weighted by molar-refractivity contribution is 6.19. The second kappa shape index (κ2) is 4.83. The molecule has 0 unspecified atom stereocenters. The first-order chi connectivity index (χ1) is 8.56. The average Bonchev–Trinajstić information content (AvgIpc) is 2.72. The number of carboxylic acid groups (broad SMARTS) is 1. The van der Waals surface area contributed by atoms with Crippen molar-refractivity contribution in [1.82, 2.24) is 10.2 Å². The second-order valence-electron chi connectivity index (χ2n) is 3.90. The van der Waals surface area contributed by atoms with Crippen LogP contribution in [0.4, 0.5) is 0 Å². The zero-order valence-corrected chi connectivity index (χ0v) is 10.0. The van der Waals surface area contributed by atoms with E-state index in [0.29, 0.717) is 5.89 Å². The highest BCUT2D eigenvalue weighted by Gasteiger charge is 2.16. The Labute approximate surface area is 104 Å². The van der Waals surface area contributed by atoms with Gasteiger partial charge in [-0.15, -0.1) is 10.2 Å². The third kappa shape index (κ3) is 2.63. The van der Waals surface area contributed by atoms with Crippen LogP contribution in [0.3, 0.4) is 0 Å². The summed E-state index contributed by atoms with van der Waals surface area (Å²) < 4.78 is 5.14. The summed E-state index contributed by atoms with van der Waals surface area (Å²) in [5, 5.41) is 16.5. The number of aryl methyl sites for hydroxylation is 2. The third-order valence-electron chi connectivity index (χ3n) is 2.34. The molecule has 1 aromatic heterocycles. The molecule has 0 aliphatic heterocycles. The van der Waals surface area contributed by atoms with Crippen molar-refractivity contribution in [2.75, 3.05) is 0 Å². The molecule has 5 nitrogen and oxygen atoms in total. The predicted molar refractivity (Wildman–Crippen MR) is 65.7 cm³/mol. The standard InChI is InChI=1S/C13H12N2O3/c1-8-4-3-5-10(6-8)7-11(13(16)17)12-15-14-9(2)18-12/h3-7H,1-2H3,(H,16,17)/b11-7-. The van der Waals surface area contributed by atoms with Crippen LogP contribution in [0, 0.1) is 13.8 Å². The smallest absolute Gasteiger partial charge is 0.341 e. The molecule has 1 N–H and O–H groups in total. The molecule has 1 heterocycles. The van der Waals surface area contributed by atoms with Crippen molar-refractivity contribution in [3.05, 3.63) is 47.2 Å². The first-order valence-corrected chi connectivity index (χ1v) is 5.38. The molecular formula is C13H12N2O3. The second-order valence-corrected chi connectivity index (χ2v) is 3.90. The Bertz CT molecular complexity index is 614. The molecule has 0 aliphatic rings. The summed E-state index contributed by atoms with van der Waals surface area (Å²) in [5.41, 5.74) is 1.82. The Kier molecular flexibility index (Phi) is 3.23. The number of aromatic nitrogens is 2. The normalized spacial score (nSPS) is 11.6. The van der Waals surface area contributed by atoms with E-state index in [1.807, 2.05) is 31.2 Å². The monoisotopic (exact) mass is 244 g/mol. The van der Waals surface area contributed by atoms with Crippen molar-refractivity contribution >= 4 is 17.6 Å². The number of carboxylic acids is 1. The molecule has 0 amide bonds. The van der Waals surface area contributed by atoms with Crippen LogP contribution in [0.15, 0.2) is 28.7 Å². The Balaban J connectivity index is 2.45. The molecule has 92 valence electrons. The van der Waals surface area contributed by atoms with Gasteiger partial charge in [0, 0.05) is 6.92 Å². The first-order valence-electron chi connectivity index (χ1n) is 5.38. The van der Waals surface area contributed by atoms with E-state index in [4.69, 9.17) is 4.42 Å². The molecule has 2 rings (SSSR count). The maximum absolute atomic E-state index is 11.2. The molecule has 5 heteroatoms. The highest BCUT2D eigenvalue weighted by atomic mass is 16.4. The Morgan fingerprint density at radius 1 is 1.33 bits per heavy atom. The molecule has 0 fully saturated rings. The van der Waals surface area contributed by atoms with Crippen LogP contribution < -0.4 is 0 Å². The van der Waals surface area contributed by atoms with Gasteiger partial charge in [0.2, 0.25) is 5.89 Å². The fourth-order valence-corrected chi connectivity index (χ4v) is 1.55. The minimum atomic E-state index is -1.10. The SMILES string of the molecule is Cc1cccc(/C=C(\C(=O)O)c2nnc(C)o2)c1. The quantitative estimate of drug-likeness (QED) is 0.838.